The van der Waals surface area contributed by atoms with Gasteiger partial charge in [0.25, 0.3) is 10.0 Å². The Labute approximate surface area is 255 Å². The van der Waals surface area contributed by atoms with Crippen molar-refractivity contribution in [1.29, 1.82) is 0 Å². The van der Waals surface area contributed by atoms with Crippen LogP contribution in [-0.2, 0) is 32.3 Å². The maximum Gasteiger partial charge on any atom is 0.417 e. The molecule has 0 heterocycles. The number of hydrogen-bond acceptors (Lipinski definition) is 4. The summed E-state index contributed by atoms with van der Waals surface area (Å²) >= 11 is 5.82. The van der Waals surface area contributed by atoms with E-state index in [-0.39, 0.29) is 23.8 Å². The summed E-state index contributed by atoms with van der Waals surface area (Å²) in [6, 6.07) is 16.1. The second-order valence-electron chi connectivity index (χ2n) is 10.6. The molecule has 1 N–H and O–H groups in total. The van der Waals surface area contributed by atoms with Crippen molar-refractivity contribution in [2.75, 3.05) is 17.4 Å². The van der Waals surface area contributed by atoms with Crippen molar-refractivity contribution in [2.45, 2.75) is 57.8 Å². The van der Waals surface area contributed by atoms with Crippen LogP contribution in [0.3, 0.4) is 0 Å². The number of nitrogens with one attached hydrogen (secondary N) is 1. The van der Waals surface area contributed by atoms with Crippen LogP contribution < -0.4 is 9.62 Å². The fraction of sp³-hybridized carbons (Fsp3) is 0.355. The molecule has 12 heteroatoms. The standard InChI is InChI=1S/C31H35ClF3N3O4S/c1-5-28(30(40)36-18-21(2)3)37(19-23-11-9-10-22(4)16-23)29(39)20-38(43(41,42)25-12-7-6-8-13-25)24-14-15-27(32)26(17-24)31(33,34)35/h6-17,21,28H,5,18-20H2,1-4H3,(H,36,40)/t28-/m1/s1. The average Bonchev–Trinajstić information content (AvgIpc) is 2.94. The first-order valence-electron chi connectivity index (χ1n) is 13.7. The molecule has 232 valence electrons. The summed E-state index contributed by atoms with van der Waals surface area (Å²) in [5, 5.41) is 2.22. The van der Waals surface area contributed by atoms with Crippen molar-refractivity contribution in [3.63, 3.8) is 0 Å². The Morgan fingerprint density at radius 2 is 1.65 bits per heavy atom. The van der Waals surface area contributed by atoms with Crippen LogP contribution in [0, 0.1) is 12.8 Å². The Morgan fingerprint density at radius 3 is 2.23 bits per heavy atom. The van der Waals surface area contributed by atoms with Crippen LogP contribution in [0.4, 0.5) is 18.9 Å². The number of aryl methyl sites for hydroxylation is 1. The fourth-order valence-corrected chi connectivity index (χ4v) is 6.14. The van der Waals surface area contributed by atoms with Gasteiger partial charge in [0.05, 0.1) is 21.2 Å². The van der Waals surface area contributed by atoms with Crippen molar-refractivity contribution < 1.29 is 31.2 Å². The highest BCUT2D eigenvalue weighted by Gasteiger charge is 2.37. The van der Waals surface area contributed by atoms with E-state index in [1.807, 2.05) is 32.9 Å². The van der Waals surface area contributed by atoms with Gasteiger partial charge in [-0.2, -0.15) is 13.2 Å². The Hall–Kier alpha value is -3.57. The van der Waals surface area contributed by atoms with Crippen LogP contribution in [0.5, 0.6) is 0 Å². The van der Waals surface area contributed by atoms with Crippen molar-refractivity contribution in [3.05, 3.63) is 94.5 Å². The summed E-state index contributed by atoms with van der Waals surface area (Å²) in [5.41, 5.74) is -0.0339. The number of alkyl halides is 3. The first-order chi connectivity index (χ1) is 20.1. The first kappa shape index (κ1) is 33.9. The number of amides is 2. The van der Waals surface area contributed by atoms with E-state index in [9.17, 15) is 31.2 Å². The van der Waals surface area contributed by atoms with Crippen LogP contribution in [0.1, 0.15) is 43.9 Å². The van der Waals surface area contributed by atoms with Gasteiger partial charge in [-0.3, -0.25) is 13.9 Å². The summed E-state index contributed by atoms with van der Waals surface area (Å²) in [5.74, 6) is -1.04. The van der Waals surface area contributed by atoms with E-state index >= 15 is 0 Å². The van der Waals surface area contributed by atoms with Crippen molar-refractivity contribution in [3.8, 4) is 0 Å². The Kier molecular flexibility index (Phi) is 11.3. The van der Waals surface area contributed by atoms with Gasteiger partial charge in [-0.15, -0.1) is 0 Å². The molecular weight excluding hydrogens is 603 g/mol. The summed E-state index contributed by atoms with van der Waals surface area (Å²) in [4.78, 5) is 28.4. The number of carbonyl (C=O) groups is 2. The van der Waals surface area contributed by atoms with Crippen LogP contribution in [0.2, 0.25) is 5.02 Å². The second kappa shape index (κ2) is 14.3. The molecular formula is C31H35ClF3N3O4S. The minimum absolute atomic E-state index is 0.0260. The third-order valence-corrected chi connectivity index (χ3v) is 8.78. The minimum Gasteiger partial charge on any atom is -0.354 e. The Bertz CT molecular complexity index is 1530. The molecule has 3 aromatic carbocycles. The third kappa shape index (κ3) is 8.73. The zero-order chi connectivity index (χ0) is 31.9. The maximum absolute atomic E-state index is 14.1. The zero-order valence-electron chi connectivity index (χ0n) is 24.4. The highest BCUT2D eigenvalue weighted by molar-refractivity contribution is 7.92. The molecule has 3 aromatic rings. The smallest absolute Gasteiger partial charge is 0.354 e. The van der Waals surface area contributed by atoms with Crippen LogP contribution in [0.15, 0.2) is 77.7 Å². The van der Waals surface area contributed by atoms with E-state index in [0.717, 1.165) is 17.7 Å². The van der Waals surface area contributed by atoms with Gasteiger partial charge in [-0.1, -0.05) is 80.4 Å². The second-order valence-corrected chi connectivity index (χ2v) is 12.8. The van der Waals surface area contributed by atoms with Crippen LogP contribution in [0.25, 0.3) is 0 Å². The van der Waals surface area contributed by atoms with E-state index in [0.29, 0.717) is 22.5 Å². The van der Waals surface area contributed by atoms with Crippen LogP contribution in [-0.4, -0.2) is 44.3 Å². The summed E-state index contributed by atoms with van der Waals surface area (Å²) in [6.45, 7) is 6.91. The van der Waals surface area contributed by atoms with Gasteiger partial charge in [0, 0.05) is 13.1 Å². The molecule has 0 saturated heterocycles. The molecule has 0 aliphatic rings. The van der Waals surface area contributed by atoms with Gasteiger partial charge >= 0.3 is 6.18 Å². The minimum atomic E-state index is -4.88. The lowest BCUT2D eigenvalue weighted by Gasteiger charge is -2.33. The van der Waals surface area contributed by atoms with Gasteiger partial charge in [0.15, 0.2) is 0 Å². The number of benzene rings is 3. The SMILES string of the molecule is CC[C@H](C(=O)NCC(C)C)N(Cc1cccc(C)c1)C(=O)CN(c1ccc(Cl)c(C(F)(F)F)c1)S(=O)(=O)c1ccccc1. The van der Waals surface area contributed by atoms with Gasteiger partial charge in [0.2, 0.25) is 11.8 Å². The number of carbonyl (C=O) groups excluding carboxylic acids is 2. The van der Waals surface area contributed by atoms with E-state index in [2.05, 4.69) is 5.32 Å². The molecule has 0 fully saturated rings. The largest absolute Gasteiger partial charge is 0.417 e. The van der Waals surface area contributed by atoms with Crippen molar-refractivity contribution in [2.24, 2.45) is 5.92 Å². The lowest BCUT2D eigenvalue weighted by molar-refractivity contribution is -0.140. The van der Waals surface area contributed by atoms with E-state index in [1.54, 1.807) is 25.1 Å². The third-order valence-electron chi connectivity index (χ3n) is 6.66. The normalized spacial score (nSPS) is 12.6. The van der Waals surface area contributed by atoms with E-state index in [4.69, 9.17) is 11.6 Å². The molecule has 0 aliphatic heterocycles. The van der Waals surface area contributed by atoms with Gasteiger partial charge in [0.1, 0.15) is 12.6 Å². The summed E-state index contributed by atoms with van der Waals surface area (Å²) < 4.78 is 69.7. The molecule has 43 heavy (non-hydrogen) atoms. The van der Waals surface area contributed by atoms with E-state index < -0.39 is 56.9 Å². The molecule has 2 amide bonds. The Morgan fingerprint density at radius 1 is 0.977 bits per heavy atom. The number of halogens is 4. The highest BCUT2D eigenvalue weighted by Crippen LogP contribution is 2.38. The van der Waals surface area contributed by atoms with Gasteiger partial charge < -0.3 is 10.2 Å². The molecule has 0 radical (unpaired) electrons. The molecule has 0 aromatic heterocycles. The van der Waals surface area contributed by atoms with Crippen molar-refractivity contribution >= 4 is 39.1 Å². The number of sulfonamides is 1. The molecule has 3 rings (SSSR count). The lowest BCUT2D eigenvalue weighted by atomic mass is 10.1. The predicted octanol–water partition coefficient (Wildman–Crippen LogP) is 6.44. The summed E-state index contributed by atoms with van der Waals surface area (Å²) in [7, 11) is -4.54. The van der Waals surface area contributed by atoms with Gasteiger partial charge in [-0.05, 0) is 55.2 Å². The predicted molar refractivity (Wildman–Crippen MR) is 161 cm³/mol. The average molecular weight is 638 g/mol. The summed E-state index contributed by atoms with van der Waals surface area (Å²) in [6.07, 6.45) is -4.66. The molecule has 0 saturated carbocycles. The number of hydrogen-bond donors (Lipinski definition) is 1. The number of nitrogens with zero attached hydrogens (tertiary/aromatic N) is 2. The Balaban J connectivity index is 2.13. The maximum atomic E-state index is 14.1. The topological polar surface area (TPSA) is 86.8 Å². The fourth-order valence-electron chi connectivity index (χ4n) is 4.48. The van der Waals surface area contributed by atoms with Gasteiger partial charge in [-0.25, -0.2) is 8.42 Å². The van der Waals surface area contributed by atoms with Crippen LogP contribution >= 0.6 is 11.6 Å². The van der Waals surface area contributed by atoms with E-state index in [1.165, 1.54) is 29.2 Å². The molecule has 7 nitrogen and oxygen atoms in total. The number of anilines is 1. The number of rotatable bonds is 12. The highest BCUT2D eigenvalue weighted by atomic mass is 35.5. The molecule has 0 aliphatic carbocycles. The molecule has 0 unspecified atom stereocenters. The molecule has 1 atom stereocenters. The quantitative estimate of drug-likeness (QED) is 0.248. The van der Waals surface area contributed by atoms with Crippen molar-refractivity contribution in [1.82, 2.24) is 10.2 Å². The first-order valence-corrected chi connectivity index (χ1v) is 15.5. The molecule has 0 bridgehead atoms. The monoisotopic (exact) mass is 637 g/mol. The molecule has 0 spiro atoms. The lowest BCUT2D eigenvalue weighted by Crippen LogP contribution is -2.52. The zero-order valence-corrected chi connectivity index (χ0v) is 25.9.